The Morgan fingerprint density at radius 3 is 1.96 bits per heavy atom. The molecule has 5 rings (SSSR count). The van der Waals surface area contributed by atoms with Crippen LogP contribution in [0.4, 0.5) is 0 Å². The molecule has 4 aliphatic rings. The molecule has 1 aromatic carbocycles. The summed E-state index contributed by atoms with van der Waals surface area (Å²) in [6, 6.07) is 0.322. The van der Waals surface area contributed by atoms with Crippen LogP contribution in [0.5, 0.6) is 0 Å². The number of carbonyl (C=O) groups is 11. The monoisotopic (exact) mass is 1190 g/mol. The van der Waals surface area contributed by atoms with E-state index in [2.05, 4.69) is 26.6 Å². The molecule has 2 aliphatic carbocycles. The standard InChI is InChI=1S/C62H99N11O12/c1-13-40(5)53(60(84)70(10)41(6)57(81)73-32-27-47(73)49(74)26-31-64-45(59(83)69(9)37-52(77)78)34-42-24-22-39(4)23-25-42)66-56(80)48(33-38(2)3)71(11)51(76)35-46(58(82)68(7)8)65-36-50(75)54(43-19-14-15-20-43)72(12)61(85)62(28-16-17-29-62)67-55(79)44-21-18-30-63-44/h22-25,38,40-41,43-48,53-54,63-65H,13-21,26-37H2,1-12H3,(H,66,80)(H,67,79)(H,77,78)/t40-,41-,44-,45-,46-,47-,48-,53-,54-/m0/s1. The second kappa shape index (κ2) is 31.9. The fraction of sp³-hybridized carbons (Fsp3) is 0.726. The van der Waals surface area contributed by atoms with Gasteiger partial charge in [0.05, 0.1) is 43.2 Å². The maximum Gasteiger partial charge on any atom is 0.323 e. The number of aryl methyl sites for hydroxylation is 1. The van der Waals surface area contributed by atoms with Crippen molar-refractivity contribution in [3.05, 3.63) is 35.4 Å². The van der Waals surface area contributed by atoms with E-state index in [0.717, 1.165) is 67.5 Å². The van der Waals surface area contributed by atoms with Gasteiger partial charge in [0.1, 0.15) is 30.2 Å². The highest BCUT2D eigenvalue weighted by Crippen LogP contribution is 2.36. The van der Waals surface area contributed by atoms with E-state index in [1.807, 2.05) is 52.0 Å². The van der Waals surface area contributed by atoms with Crippen LogP contribution >= 0.6 is 0 Å². The van der Waals surface area contributed by atoms with E-state index in [9.17, 15) is 57.8 Å². The Kier molecular flexibility index (Phi) is 26.0. The van der Waals surface area contributed by atoms with Gasteiger partial charge in [-0.3, -0.25) is 58.1 Å². The van der Waals surface area contributed by atoms with Gasteiger partial charge in [0.15, 0.2) is 11.6 Å². The number of rotatable bonds is 32. The largest absolute Gasteiger partial charge is 0.480 e. The summed E-state index contributed by atoms with van der Waals surface area (Å²) in [7, 11) is 9.04. The normalized spacial score (nSPS) is 19.9. The van der Waals surface area contributed by atoms with Crippen molar-refractivity contribution in [2.24, 2.45) is 17.8 Å². The summed E-state index contributed by atoms with van der Waals surface area (Å²) < 4.78 is 0. The van der Waals surface area contributed by atoms with Crippen molar-refractivity contribution in [2.45, 2.75) is 198 Å². The third kappa shape index (κ3) is 18.4. The topological polar surface area (TPSA) is 288 Å². The first kappa shape index (κ1) is 69.4. The van der Waals surface area contributed by atoms with Crippen LogP contribution in [0.25, 0.3) is 0 Å². The van der Waals surface area contributed by atoms with E-state index in [1.165, 1.54) is 59.7 Å². The number of likely N-dealkylation sites (N-methyl/N-ethyl adjacent to an activating group) is 5. The molecule has 0 spiro atoms. The predicted molar refractivity (Wildman–Crippen MR) is 320 cm³/mol. The molecule has 2 aliphatic heterocycles. The average Bonchev–Trinajstić information content (AvgIpc) is 2.63. The van der Waals surface area contributed by atoms with Gasteiger partial charge >= 0.3 is 5.97 Å². The van der Waals surface area contributed by atoms with Gasteiger partial charge in [-0.15, -0.1) is 0 Å². The molecule has 0 bridgehead atoms. The minimum Gasteiger partial charge on any atom is -0.480 e. The van der Waals surface area contributed by atoms with E-state index < -0.39 is 108 Å². The highest BCUT2D eigenvalue weighted by molar-refractivity contribution is 5.99. The van der Waals surface area contributed by atoms with Gasteiger partial charge in [-0.25, -0.2) is 0 Å². The van der Waals surface area contributed by atoms with Crippen LogP contribution in [-0.2, 0) is 59.2 Å². The lowest BCUT2D eigenvalue weighted by Crippen LogP contribution is -2.63. The number of benzene rings is 1. The van der Waals surface area contributed by atoms with Crippen LogP contribution in [0.15, 0.2) is 24.3 Å². The lowest BCUT2D eigenvalue weighted by atomic mass is 9.89. The second-order valence-electron chi connectivity index (χ2n) is 25.2. The summed E-state index contributed by atoms with van der Waals surface area (Å²) in [6.07, 6.45) is 8.06. The summed E-state index contributed by atoms with van der Waals surface area (Å²) in [5.41, 5.74) is 0.747. The van der Waals surface area contributed by atoms with Crippen molar-refractivity contribution in [3.8, 4) is 0 Å². The molecule has 8 amide bonds. The number of carboxylic acid groups (broad SMARTS) is 1. The Morgan fingerprint density at radius 1 is 0.765 bits per heavy atom. The van der Waals surface area contributed by atoms with E-state index >= 15 is 0 Å². The summed E-state index contributed by atoms with van der Waals surface area (Å²) in [6.45, 7) is 11.2. The van der Waals surface area contributed by atoms with Crippen LogP contribution in [0, 0.1) is 24.7 Å². The van der Waals surface area contributed by atoms with Gasteiger partial charge in [-0.2, -0.15) is 0 Å². The molecule has 4 fully saturated rings. The maximum atomic E-state index is 14.6. The zero-order valence-corrected chi connectivity index (χ0v) is 52.6. The molecule has 85 heavy (non-hydrogen) atoms. The lowest BCUT2D eigenvalue weighted by Gasteiger charge is -2.43. The third-order valence-corrected chi connectivity index (χ3v) is 18.1. The number of Topliss-reactive ketones (excluding diaryl/α,β-unsaturated/α-hetero) is 2. The summed E-state index contributed by atoms with van der Waals surface area (Å²) >= 11 is 0. The quantitative estimate of drug-likeness (QED) is 0.0602. The first-order valence-electron chi connectivity index (χ1n) is 30.8. The molecule has 0 aromatic heterocycles. The van der Waals surface area contributed by atoms with E-state index in [0.29, 0.717) is 32.1 Å². The number of nitrogens with zero attached hydrogens (tertiary/aromatic N) is 6. The minimum absolute atomic E-state index is 0.0255. The van der Waals surface area contributed by atoms with Crippen LogP contribution in [0.1, 0.15) is 142 Å². The molecule has 1 aromatic rings. The van der Waals surface area contributed by atoms with Crippen molar-refractivity contribution < 1.29 is 57.8 Å². The van der Waals surface area contributed by atoms with E-state index in [-0.39, 0.29) is 80.2 Å². The van der Waals surface area contributed by atoms with Gasteiger partial charge in [-0.05, 0) is 101 Å². The number of hydrogen-bond acceptors (Lipinski definition) is 14. The molecular weight excluding hydrogens is 1090 g/mol. The SMILES string of the molecule is CC[C@H](C)[C@H](NC(=O)[C@H](CC(C)C)N(C)C(=O)C[C@H](NCC(=O)[C@H](C1CCCC1)N(C)C(=O)C1(NC(=O)[C@@H]2CCCN2)CCCC1)C(=O)N(C)C)C(=O)N(C)[C@@H](C)C(=O)N1CC[C@H]1C(=O)CCN[C@@H](Cc1ccc(C)cc1)C(=O)N(C)CC(=O)O. The number of likely N-dealkylation sites (tertiary alicyclic amines) is 1. The lowest BCUT2D eigenvalue weighted by molar-refractivity contribution is -0.154. The molecule has 6 N–H and O–H groups in total. The van der Waals surface area contributed by atoms with Crippen LogP contribution < -0.4 is 26.6 Å². The van der Waals surface area contributed by atoms with Crippen molar-refractivity contribution in [3.63, 3.8) is 0 Å². The molecule has 0 unspecified atom stereocenters. The number of carbonyl (C=O) groups excluding carboxylic acids is 10. The number of nitrogens with one attached hydrogen (secondary N) is 5. The first-order valence-corrected chi connectivity index (χ1v) is 30.8. The summed E-state index contributed by atoms with van der Waals surface area (Å²) in [5.74, 6) is -6.06. The predicted octanol–water partition coefficient (Wildman–Crippen LogP) is 2.05. The summed E-state index contributed by atoms with van der Waals surface area (Å²) in [5, 5.41) is 24.8. The van der Waals surface area contributed by atoms with Crippen LogP contribution in [0.2, 0.25) is 0 Å². The maximum absolute atomic E-state index is 14.6. The first-order chi connectivity index (χ1) is 40.1. The number of hydrogen-bond donors (Lipinski definition) is 6. The molecule has 9 atom stereocenters. The third-order valence-electron chi connectivity index (χ3n) is 18.1. The minimum atomic E-state index is -1.20. The van der Waals surface area contributed by atoms with Gasteiger partial charge in [0, 0.05) is 61.8 Å². The highest BCUT2D eigenvalue weighted by atomic mass is 16.4. The second-order valence-corrected chi connectivity index (χ2v) is 25.2. The van der Waals surface area contributed by atoms with Gasteiger partial charge < -0.3 is 55.8 Å². The van der Waals surface area contributed by atoms with Gasteiger partial charge in [-0.1, -0.05) is 89.6 Å². The number of amides is 8. The van der Waals surface area contributed by atoms with Crippen molar-refractivity contribution in [1.82, 2.24) is 56.0 Å². The molecular formula is C62H99N11O12. The fourth-order valence-corrected chi connectivity index (χ4v) is 12.4. The van der Waals surface area contributed by atoms with E-state index in [1.54, 1.807) is 20.9 Å². The Bertz CT molecular complexity index is 2530. The molecule has 2 saturated carbocycles. The molecule has 474 valence electrons. The van der Waals surface area contributed by atoms with Crippen molar-refractivity contribution in [2.75, 3.05) is 75.0 Å². The summed E-state index contributed by atoms with van der Waals surface area (Å²) in [4.78, 5) is 161. The fourth-order valence-electron chi connectivity index (χ4n) is 12.4. The smallest absolute Gasteiger partial charge is 0.323 e. The van der Waals surface area contributed by atoms with Gasteiger partial charge in [0.25, 0.3) is 0 Å². The Labute approximate surface area is 503 Å². The van der Waals surface area contributed by atoms with E-state index in [4.69, 9.17) is 0 Å². The highest BCUT2D eigenvalue weighted by Gasteiger charge is 2.49. The Hall–Kier alpha value is -6.33. The number of carboxylic acids is 1. The number of ketones is 2. The zero-order chi connectivity index (χ0) is 63.0. The molecule has 2 heterocycles. The zero-order valence-electron chi connectivity index (χ0n) is 52.6. The van der Waals surface area contributed by atoms with Crippen LogP contribution in [0.3, 0.4) is 0 Å². The van der Waals surface area contributed by atoms with Gasteiger partial charge in [0.2, 0.25) is 47.3 Å². The average molecular weight is 1190 g/mol. The molecule has 0 radical (unpaired) electrons. The van der Waals surface area contributed by atoms with Crippen molar-refractivity contribution >= 4 is 64.8 Å². The molecule has 23 heteroatoms. The Morgan fingerprint density at radius 2 is 1.41 bits per heavy atom. The molecule has 23 nitrogen and oxygen atoms in total. The number of aliphatic carboxylic acids is 1. The van der Waals surface area contributed by atoms with Crippen LogP contribution in [-0.4, -0.2) is 228 Å². The van der Waals surface area contributed by atoms with Crippen molar-refractivity contribution in [1.29, 1.82) is 0 Å². The molecule has 2 saturated heterocycles. The Balaban J connectivity index is 1.23.